The smallest absolute Gasteiger partial charge is 0.306 e. The fourth-order valence-electron chi connectivity index (χ4n) is 5.96. The largest absolute Gasteiger partial charge is 0.461 e. The number of aliphatic hydroxyl groups excluding tert-OH is 1. The van der Waals surface area contributed by atoms with Crippen LogP contribution in [-0.4, -0.2) is 51.0 Å². The number of Topliss-reactive ketones (excluding diaryl/α,β-unsaturated/α-hetero) is 1. The maximum atomic E-state index is 14.1. The predicted molar refractivity (Wildman–Crippen MR) is 112 cm³/mol. The van der Waals surface area contributed by atoms with Gasteiger partial charge in [0.05, 0.1) is 11.0 Å². The molecular formula is C24H36O6. The molecule has 3 aliphatic carbocycles. The molecule has 6 nitrogen and oxygen atoms in total. The van der Waals surface area contributed by atoms with Gasteiger partial charge in [0.25, 0.3) is 0 Å². The third kappa shape index (κ3) is 3.02. The molecule has 3 rings (SSSR count). The predicted octanol–water partition coefficient (Wildman–Crippen LogP) is 2.70. The fourth-order valence-corrected chi connectivity index (χ4v) is 5.96. The van der Waals surface area contributed by atoms with Crippen molar-refractivity contribution in [3.63, 3.8) is 0 Å². The Morgan fingerprint density at radius 2 is 1.90 bits per heavy atom. The van der Waals surface area contributed by atoms with Gasteiger partial charge in [-0.15, -0.1) is 0 Å². The van der Waals surface area contributed by atoms with Crippen molar-refractivity contribution in [2.45, 2.75) is 84.5 Å². The normalized spacial score (nSPS) is 42.6. The standard InChI is InChI=1S/C24H36O6/c1-7-8-18(25)30-13-16-9-17-20(27)23(10-14(2)11-24(23,29)19(16)26)15(3)12-22(6,28)21(17,4)5/h9-10,15,17,19,26,28-29H,7-8,11-13H2,1-6H3/t15-,17?,19?,22-,23?,24?/m1/s1. The van der Waals surface area contributed by atoms with Crippen molar-refractivity contribution in [3.8, 4) is 0 Å². The molecule has 0 radical (unpaired) electrons. The van der Waals surface area contributed by atoms with Crippen LogP contribution < -0.4 is 0 Å². The maximum Gasteiger partial charge on any atom is 0.306 e. The van der Waals surface area contributed by atoms with E-state index in [0.717, 1.165) is 5.57 Å². The molecule has 0 aromatic heterocycles. The van der Waals surface area contributed by atoms with Crippen molar-refractivity contribution in [2.24, 2.45) is 22.7 Å². The van der Waals surface area contributed by atoms with E-state index in [4.69, 9.17) is 4.74 Å². The van der Waals surface area contributed by atoms with Crippen molar-refractivity contribution < 1.29 is 29.6 Å². The highest BCUT2D eigenvalue weighted by Crippen LogP contribution is 2.62. The number of carbonyl (C=O) groups excluding carboxylic acids is 2. The van der Waals surface area contributed by atoms with Gasteiger partial charge in [-0.1, -0.05) is 45.4 Å². The van der Waals surface area contributed by atoms with E-state index in [0.29, 0.717) is 18.4 Å². The minimum Gasteiger partial charge on any atom is -0.461 e. The van der Waals surface area contributed by atoms with Gasteiger partial charge in [-0.25, -0.2) is 0 Å². The third-order valence-corrected chi connectivity index (χ3v) is 8.11. The number of esters is 1. The zero-order valence-electron chi connectivity index (χ0n) is 19.0. The molecule has 0 aromatic rings. The molecule has 2 bridgehead atoms. The SMILES string of the molecule is CCCC(=O)OCC1=CC2C(=O)C3(C=C(C)CC3(O)C1O)[C@H](C)C[C@@](C)(O)C2(C)C. The second kappa shape index (κ2) is 7.28. The van der Waals surface area contributed by atoms with Crippen molar-refractivity contribution in [1.29, 1.82) is 0 Å². The monoisotopic (exact) mass is 420 g/mol. The molecule has 1 fully saturated rings. The van der Waals surface area contributed by atoms with E-state index >= 15 is 0 Å². The molecule has 0 aliphatic heterocycles. The molecule has 6 heteroatoms. The summed E-state index contributed by atoms with van der Waals surface area (Å²) in [7, 11) is 0. The summed E-state index contributed by atoms with van der Waals surface area (Å²) in [6.45, 7) is 10.8. The summed E-state index contributed by atoms with van der Waals surface area (Å²) in [6, 6.07) is 0. The highest BCUT2D eigenvalue weighted by molar-refractivity contribution is 5.95. The lowest BCUT2D eigenvalue weighted by Gasteiger charge is -2.46. The van der Waals surface area contributed by atoms with Gasteiger partial charge >= 0.3 is 5.97 Å². The van der Waals surface area contributed by atoms with Crippen molar-refractivity contribution in [3.05, 3.63) is 23.3 Å². The molecule has 168 valence electrons. The molecular weight excluding hydrogens is 384 g/mol. The van der Waals surface area contributed by atoms with E-state index in [-0.39, 0.29) is 31.2 Å². The lowest BCUT2D eigenvalue weighted by atomic mass is 9.60. The van der Waals surface area contributed by atoms with E-state index < -0.39 is 40.0 Å². The summed E-state index contributed by atoms with van der Waals surface area (Å²) in [6.07, 6.45) is 3.47. The lowest BCUT2D eigenvalue weighted by Crippen LogP contribution is -2.60. The highest BCUT2D eigenvalue weighted by Gasteiger charge is 2.70. The van der Waals surface area contributed by atoms with E-state index in [1.807, 2.05) is 40.7 Å². The van der Waals surface area contributed by atoms with Crippen LogP contribution in [0.3, 0.4) is 0 Å². The fraction of sp³-hybridized carbons (Fsp3) is 0.750. The first-order chi connectivity index (χ1) is 13.7. The number of aliphatic hydroxyl groups is 3. The molecule has 3 N–H and O–H groups in total. The Kier molecular flexibility index (Phi) is 5.62. The summed E-state index contributed by atoms with van der Waals surface area (Å²) < 4.78 is 5.36. The molecule has 0 amide bonds. The molecule has 0 heterocycles. The number of fused-ring (bicyclic) bond motifs is 1. The first kappa shape index (κ1) is 23.2. The van der Waals surface area contributed by atoms with Gasteiger partial charge in [-0.3, -0.25) is 9.59 Å². The van der Waals surface area contributed by atoms with Crippen LogP contribution in [0, 0.1) is 22.7 Å². The molecule has 0 saturated heterocycles. The minimum atomic E-state index is -1.75. The topological polar surface area (TPSA) is 104 Å². The molecule has 3 aliphatic rings. The van der Waals surface area contributed by atoms with E-state index in [1.54, 1.807) is 13.0 Å². The Labute approximate surface area is 179 Å². The van der Waals surface area contributed by atoms with E-state index in [2.05, 4.69) is 0 Å². The van der Waals surface area contributed by atoms with Gasteiger partial charge < -0.3 is 20.1 Å². The Morgan fingerprint density at radius 1 is 1.27 bits per heavy atom. The summed E-state index contributed by atoms with van der Waals surface area (Å²) in [5.41, 5.74) is -3.94. The maximum absolute atomic E-state index is 14.1. The molecule has 1 saturated carbocycles. The number of ketones is 1. The summed E-state index contributed by atoms with van der Waals surface area (Å²) in [5, 5.41) is 34.6. The zero-order valence-corrected chi connectivity index (χ0v) is 19.0. The number of carbonyl (C=O) groups is 2. The number of rotatable bonds is 4. The zero-order chi connectivity index (χ0) is 22.7. The second-order valence-corrected chi connectivity index (χ2v) is 10.5. The van der Waals surface area contributed by atoms with Gasteiger partial charge in [-0.2, -0.15) is 0 Å². The van der Waals surface area contributed by atoms with E-state index in [1.165, 1.54) is 0 Å². The van der Waals surface area contributed by atoms with Gasteiger partial charge in [0, 0.05) is 24.2 Å². The van der Waals surface area contributed by atoms with Crippen molar-refractivity contribution in [2.75, 3.05) is 6.61 Å². The van der Waals surface area contributed by atoms with Crippen LogP contribution in [-0.2, 0) is 14.3 Å². The third-order valence-electron chi connectivity index (χ3n) is 8.11. The Hall–Kier alpha value is -1.50. The first-order valence-corrected chi connectivity index (χ1v) is 11.0. The number of hydrogen-bond donors (Lipinski definition) is 3. The van der Waals surface area contributed by atoms with Crippen molar-refractivity contribution in [1.82, 2.24) is 0 Å². The van der Waals surface area contributed by atoms with Gasteiger partial charge in [0.2, 0.25) is 0 Å². The molecule has 30 heavy (non-hydrogen) atoms. The van der Waals surface area contributed by atoms with Crippen LogP contribution in [0.25, 0.3) is 0 Å². The van der Waals surface area contributed by atoms with Crippen LogP contribution in [0.2, 0.25) is 0 Å². The summed E-state index contributed by atoms with van der Waals surface area (Å²) >= 11 is 0. The van der Waals surface area contributed by atoms with Crippen LogP contribution in [0.1, 0.15) is 67.2 Å². The number of allylic oxidation sites excluding steroid dienone is 1. The summed E-state index contributed by atoms with van der Waals surface area (Å²) in [4.78, 5) is 26.0. The number of hydrogen-bond acceptors (Lipinski definition) is 6. The Morgan fingerprint density at radius 3 is 2.50 bits per heavy atom. The molecule has 0 aromatic carbocycles. The highest BCUT2D eigenvalue weighted by atomic mass is 16.5. The minimum absolute atomic E-state index is 0.153. The molecule has 6 atom stereocenters. The number of ether oxygens (including phenoxy) is 1. The van der Waals surface area contributed by atoms with Gasteiger partial charge in [0.15, 0.2) is 5.78 Å². The van der Waals surface area contributed by atoms with Crippen LogP contribution in [0.5, 0.6) is 0 Å². The second-order valence-electron chi connectivity index (χ2n) is 10.5. The van der Waals surface area contributed by atoms with Gasteiger partial charge in [-0.05, 0) is 38.2 Å². The lowest BCUT2D eigenvalue weighted by molar-refractivity contribution is -0.165. The molecule has 4 unspecified atom stereocenters. The van der Waals surface area contributed by atoms with E-state index in [9.17, 15) is 24.9 Å². The van der Waals surface area contributed by atoms with Crippen LogP contribution in [0.15, 0.2) is 23.3 Å². The Bertz CT molecular complexity index is 807. The van der Waals surface area contributed by atoms with Crippen molar-refractivity contribution >= 4 is 11.8 Å². The summed E-state index contributed by atoms with van der Waals surface area (Å²) in [5.74, 6) is -1.71. The molecule has 1 spiro atoms. The average molecular weight is 421 g/mol. The quantitative estimate of drug-likeness (QED) is 0.477. The average Bonchev–Trinajstić information content (AvgIpc) is 2.87. The Balaban J connectivity index is 2.19. The van der Waals surface area contributed by atoms with Crippen LogP contribution >= 0.6 is 0 Å². The van der Waals surface area contributed by atoms with Gasteiger partial charge in [0.1, 0.15) is 18.3 Å². The first-order valence-electron chi connectivity index (χ1n) is 11.0. The van der Waals surface area contributed by atoms with Crippen LogP contribution in [0.4, 0.5) is 0 Å².